The van der Waals surface area contributed by atoms with Gasteiger partial charge in [0.25, 0.3) is 0 Å². The van der Waals surface area contributed by atoms with Crippen molar-refractivity contribution in [3.05, 3.63) is 66.4 Å². The van der Waals surface area contributed by atoms with Crippen LogP contribution in [0, 0.1) is 6.92 Å². The number of nitrogens with zero attached hydrogens (tertiary/aromatic N) is 2. The molecule has 6 nitrogen and oxygen atoms in total. The molecule has 0 aliphatic rings. The van der Waals surface area contributed by atoms with Crippen molar-refractivity contribution in [2.24, 2.45) is 0 Å². The number of anilines is 1. The largest absolute Gasteiger partial charge is 0.550 e. The van der Waals surface area contributed by atoms with Gasteiger partial charge in [-0.15, -0.1) is 0 Å². The number of carboxylic acid groups (broad SMARTS) is 1. The van der Waals surface area contributed by atoms with E-state index in [1.165, 1.54) is 0 Å². The van der Waals surface area contributed by atoms with Crippen LogP contribution in [0.3, 0.4) is 0 Å². The molecule has 0 atom stereocenters. The fourth-order valence-corrected chi connectivity index (χ4v) is 2.94. The average Bonchev–Trinajstić information content (AvgIpc) is 2.98. The number of aromatic nitrogens is 2. The summed E-state index contributed by atoms with van der Waals surface area (Å²) in [5.41, 5.74) is 3.40. The van der Waals surface area contributed by atoms with Gasteiger partial charge in [0.15, 0.2) is 0 Å². The second kappa shape index (κ2) is 8.31. The van der Waals surface area contributed by atoms with Gasteiger partial charge in [-0.2, -0.15) is 5.10 Å². The minimum Gasteiger partial charge on any atom is -0.550 e. The first-order valence-corrected chi connectivity index (χ1v) is 8.76. The van der Waals surface area contributed by atoms with Crippen LogP contribution < -0.4 is 10.4 Å². The molecule has 0 radical (unpaired) electrons. The number of aryl methyl sites for hydroxylation is 1. The second-order valence-electron chi connectivity index (χ2n) is 6.20. The molecular formula is C21H20N3O3-. The van der Waals surface area contributed by atoms with E-state index in [4.69, 9.17) is 0 Å². The van der Waals surface area contributed by atoms with Crippen molar-refractivity contribution < 1.29 is 14.7 Å². The van der Waals surface area contributed by atoms with Crippen LogP contribution in [0.15, 0.2) is 60.7 Å². The van der Waals surface area contributed by atoms with Gasteiger partial charge in [0.05, 0.1) is 11.4 Å². The lowest BCUT2D eigenvalue weighted by molar-refractivity contribution is -0.305. The highest BCUT2D eigenvalue weighted by atomic mass is 16.4. The van der Waals surface area contributed by atoms with Crippen LogP contribution in [0.25, 0.3) is 16.8 Å². The Labute approximate surface area is 157 Å². The number of para-hydroxylation sites is 1. The molecule has 0 aliphatic carbocycles. The topological polar surface area (TPSA) is 87.0 Å². The first kappa shape index (κ1) is 18.4. The van der Waals surface area contributed by atoms with Crippen molar-refractivity contribution in [3.8, 4) is 16.8 Å². The Bertz CT molecular complexity index is 934. The Kier molecular flexibility index (Phi) is 5.66. The zero-order chi connectivity index (χ0) is 19.2. The molecule has 0 fully saturated rings. The lowest BCUT2D eigenvalue weighted by Gasteiger charge is -2.12. The minimum absolute atomic E-state index is 0.0984. The van der Waals surface area contributed by atoms with Gasteiger partial charge in [-0.1, -0.05) is 48.5 Å². The van der Waals surface area contributed by atoms with Gasteiger partial charge in [0, 0.05) is 18.0 Å². The summed E-state index contributed by atoms with van der Waals surface area (Å²) in [5.74, 6) is -0.841. The maximum absolute atomic E-state index is 12.4. The van der Waals surface area contributed by atoms with Crippen LogP contribution >= 0.6 is 0 Å². The van der Waals surface area contributed by atoms with Gasteiger partial charge in [-0.3, -0.25) is 4.79 Å². The monoisotopic (exact) mass is 362 g/mol. The number of amides is 1. The molecule has 0 aliphatic heterocycles. The van der Waals surface area contributed by atoms with Crippen molar-refractivity contribution in [2.45, 2.75) is 26.2 Å². The molecule has 2 aromatic carbocycles. The van der Waals surface area contributed by atoms with Gasteiger partial charge >= 0.3 is 0 Å². The molecule has 1 aromatic heterocycles. The van der Waals surface area contributed by atoms with Crippen LogP contribution in [0.5, 0.6) is 0 Å². The number of carbonyl (C=O) groups is 2. The first-order valence-electron chi connectivity index (χ1n) is 8.76. The smallest absolute Gasteiger partial charge is 0.225 e. The molecule has 3 rings (SSSR count). The Morgan fingerprint density at radius 2 is 1.63 bits per heavy atom. The zero-order valence-corrected chi connectivity index (χ0v) is 15.0. The summed E-state index contributed by atoms with van der Waals surface area (Å²) in [7, 11) is 0. The van der Waals surface area contributed by atoms with Crippen LogP contribution in [0.1, 0.15) is 25.0 Å². The third kappa shape index (κ3) is 4.41. The summed E-state index contributed by atoms with van der Waals surface area (Å²) < 4.78 is 1.70. The molecule has 0 unspecified atom stereocenters. The van der Waals surface area contributed by atoms with Gasteiger partial charge < -0.3 is 15.2 Å². The summed E-state index contributed by atoms with van der Waals surface area (Å²) in [4.78, 5) is 23.0. The van der Waals surface area contributed by atoms with E-state index in [1.807, 2.05) is 67.6 Å². The number of hydrogen-bond acceptors (Lipinski definition) is 4. The Hall–Kier alpha value is -3.41. The van der Waals surface area contributed by atoms with Crippen LogP contribution in [-0.2, 0) is 9.59 Å². The summed E-state index contributed by atoms with van der Waals surface area (Å²) in [5, 5.41) is 18.1. The van der Waals surface area contributed by atoms with Gasteiger partial charge in [-0.25, -0.2) is 4.68 Å². The van der Waals surface area contributed by atoms with E-state index in [2.05, 4.69) is 10.4 Å². The van der Waals surface area contributed by atoms with E-state index in [1.54, 1.807) is 4.68 Å². The molecule has 0 saturated carbocycles. The fraction of sp³-hybridized carbons (Fsp3) is 0.190. The Balaban J connectivity index is 1.98. The van der Waals surface area contributed by atoms with Crippen molar-refractivity contribution in [2.75, 3.05) is 5.32 Å². The number of carbonyl (C=O) groups excluding carboxylic acids is 2. The summed E-state index contributed by atoms with van der Waals surface area (Å²) in [6, 6.07) is 19.3. The second-order valence-corrected chi connectivity index (χ2v) is 6.20. The van der Waals surface area contributed by atoms with Crippen LogP contribution in [-0.4, -0.2) is 21.7 Å². The third-order valence-corrected chi connectivity index (χ3v) is 4.17. The summed E-state index contributed by atoms with van der Waals surface area (Å²) in [6.45, 7) is 1.90. The average molecular weight is 362 g/mol. The maximum Gasteiger partial charge on any atom is 0.225 e. The maximum atomic E-state index is 12.4. The predicted octanol–water partition coefficient (Wildman–Crippen LogP) is 2.71. The summed E-state index contributed by atoms with van der Waals surface area (Å²) in [6.07, 6.45) is 0.185. The third-order valence-electron chi connectivity index (χ3n) is 4.17. The number of benzene rings is 2. The Morgan fingerprint density at radius 3 is 2.26 bits per heavy atom. The molecule has 1 heterocycles. The first-order chi connectivity index (χ1) is 13.1. The molecule has 0 saturated heterocycles. The number of nitrogens with one attached hydrogen (secondary N) is 1. The molecule has 138 valence electrons. The van der Waals surface area contributed by atoms with E-state index in [-0.39, 0.29) is 25.2 Å². The quantitative estimate of drug-likeness (QED) is 0.700. The minimum atomic E-state index is -1.15. The molecule has 3 aromatic rings. The number of aliphatic carboxylic acids is 1. The van der Waals surface area contributed by atoms with Gasteiger partial charge in [0.1, 0.15) is 5.82 Å². The zero-order valence-electron chi connectivity index (χ0n) is 15.0. The SMILES string of the molecule is Cc1nn(-c2ccccc2)c(NC(=O)CCCC(=O)[O-])c1-c1ccccc1. The number of hydrogen-bond donors (Lipinski definition) is 1. The predicted molar refractivity (Wildman–Crippen MR) is 101 cm³/mol. The molecule has 27 heavy (non-hydrogen) atoms. The molecular weight excluding hydrogens is 342 g/mol. The van der Waals surface area contributed by atoms with E-state index >= 15 is 0 Å². The van der Waals surface area contributed by atoms with E-state index in [0.29, 0.717) is 5.82 Å². The van der Waals surface area contributed by atoms with Crippen LogP contribution in [0.2, 0.25) is 0 Å². The van der Waals surface area contributed by atoms with Gasteiger partial charge in [-0.05, 0) is 37.5 Å². The highest BCUT2D eigenvalue weighted by Crippen LogP contribution is 2.33. The van der Waals surface area contributed by atoms with Crippen molar-refractivity contribution in [1.29, 1.82) is 0 Å². The van der Waals surface area contributed by atoms with Crippen LogP contribution in [0.4, 0.5) is 5.82 Å². The van der Waals surface area contributed by atoms with Crippen molar-refractivity contribution >= 4 is 17.7 Å². The lowest BCUT2D eigenvalue weighted by atomic mass is 10.1. The standard InChI is InChI=1S/C21H21N3O3/c1-15-20(16-9-4-2-5-10-16)21(22-18(25)13-8-14-19(26)27)24(23-15)17-11-6-3-7-12-17/h2-7,9-12H,8,13-14H2,1H3,(H,22,25)(H,26,27)/p-1. The molecule has 0 spiro atoms. The Morgan fingerprint density at radius 1 is 1.00 bits per heavy atom. The molecule has 1 amide bonds. The molecule has 0 bridgehead atoms. The normalized spacial score (nSPS) is 10.6. The van der Waals surface area contributed by atoms with E-state index in [0.717, 1.165) is 22.5 Å². The highest BCUT2D eigenvalue weighted by Gasteiger charge is 2.19. The van der Waals surface area contributed by atoms with Crippen molar-refractivity contribution in [1.82, 2.24) is 9.78 Å². The highest BCUT2D eigenvalue weighted by molar-refractivity contribution is 5.95. The van der Waals surface area contributed by atoms with E-state index < -0.39 is 5.97 Å². The van der Waals surface area contributed by atoms with Crippen molar-refractivity contribution in [3.63, 3.8) is 0 Å². The number of carboxylic acids is 1. The molecule has 1 N–H and O–H groups in total. The van der Waals surface area contributed by atoms with E-state index in [9.17, 15) is 14.7 Å². The summed E-state index contributed by atoms with van der Waals surface area (Å²) >= 11 is 0. The lowest BCUT2D eigenvalue weighted by Crippen LogP contribution is -2.22. The fourth-order valence-electron chi connectivity index (χ4n) is 2.94. The van der Waals surface area contributed by atoms with Gasteiger partial charge in [0.2, 0.25) is 5.91 Å². The molecule has 6 heteroatoms. The number of rotatable bonds is 7.